The van der Waals surface area contributed by atoms with Gasteiger partial charge in [0.05, 0.1) is 5.54 Å². The first kappa shape index (κ1) is 15.1. The average molecular weight is 266 g/mol. The molecule has 1 rings (SSSR count). The Morgan fingerprint density at radius 2 is 1.89 bits per heavy atom. The highest BCUT2D eigenvalue weighted by Crippen LogP contribution is 2.16. The van der Waals surface area contributed by atoms with E-state index in [0.717, 1.165) is 5.56 Å². The van der Waals surface area contributed by atoms with Crippen LogP contribution in [0.4, 0.5) is 0 Å². The lowest BCUT2D eigenvalue weighted by Crippen LogP contribution is -2.51. The number of nitrogens with zero attached hydrogens (tertiary/aromatic N) is 1. The summed E-state index contributed by atoms with van der Waals surface area (Å²) in [5.74, 6) is 0.0962. The van der Waals surface area contributed by atoms with Crippen LogP contribution < -0.4 is 5.32 Å². The van der Waals surface area contributed by atoms with E-state index in [4.69, 9.17) is 0 Å². The van der Waals surface area contributed by atoms with Crippen molar-refractivity contribution in [2.24, 2.45) is 0 Å². The number of rotatable bonds is 5. The van der Waals surface area contributed by atoms with Gasteiger partial charge >= 0.3 is 0 Å². The molecule has 0 saturated carbocycles. The molecule has 0 radical (unpaired) electrons. The van der Waals surface area contributed by atoms with Crippen molar-refractivity contribution < 1.29 is 4.79 Å². The maximum atomic E-state index is 12.2. The van der Waals surface area contributed by atoms with Crippen molar-refractivity contribution in [3.8, 4) is 0 Å². The number of carbonyl (C=O) groups is 1. The maximum absolute atomic E-state index is 12.2. The first-order valence-corrected chi connectivity index (χ1v) is 7.20. The highest BCUT2D eigenvalue weighted by Gasteiger charge is 2.28. The van der Waals surface area contributed by atoms with Gasteiger partial charge in [0.15, 0.2) is 0 Å². The molecule has 0 aliphatic rings. The summed E-state index contributed by atoms with van der Waals surface area (Å²) in [6.45, 7) is 4.42. The van der Waals surface area contributed by atoms with Crippen LogP contribution in [0, 0.1) is 0 Å². The monoisotopic (exact) mass is 266 g/mol. The van der Waals surface area contributed by atoms with Gasteiger partial charge in [-0.1, -0.05) is 12.1 Å². The SMILES string of the molecule is CNC(C)(C)C(=O)N(C)Cc1ccc(SC)cc1. The Hall–Kier alpha value is -1.00. The van der Waals surface area contributed by atoms with Crippen molar-refractivity contribution in [2.45, 2.75) is 30.8 Å². The third-order valence-corrected chi connectivity index (χ3v) is 3.83. The second kappa shape index (κ2) is 6.25. The largest absolute Gasteiger partial charge is 0.340 e. The zero-order valence-corrected chi connectivity index (χ0v) is 12.6. The highest BCUT2D eigenvalue weighted by molar-refractivity contribution is 7.98. The van der Waals surface area contributed by atoms with Crippen LogP contribution in [-0.4, -0.2) is 36.7 Å². The summed E-state index contributed by atoms with van der Waals surface area (Å²) in [4.78, 5) is 15.2. The van der Waals surface area contributed by atoms with E-state index in [1.165, 1.54) is 4.90 Å². The minimum Gasteiger partial charge on any atom is -0.340 e. The lowest BCUT2D eigenvalue weighted by Gasteiger charge is -2.29. The zero-order valence-electron chi connectivity index (χ0n) is 11.8. The molecule has 1 amide bonds. The number of nitrogens with one attached hydrogen (secondary N) is 1. The van der Waals surface area contributed by atoms with Crippen molar-refractivity contribution in [3.05, 3.63) is 29.8 Å². The van der Waals surface area contributed by atoms with Gasteiger partial charge in [0.25, 0.3) is 0 Å². The zero-order chi connectivity index (χ0) is 13.8. The Morgan fingerprint density at radius 1 is 1.33 bits per heavy atom. The summed E-state index contributed by atoms with van der Waals surface area (Å²) in [5, 5.41) is 3.03. The quantitative estimate of drug-likeness (QED) is 0.830. The number of hydrogen-bond donors (Lipinski definition) is 1. The summed E-state index contributed by atoms with van der Waals surface area (Å²) in [7, 11) is 3.64. The van der Waals surface area contributed by atoms with Crippen molar-refractivity contribution in [3.63, 3.8) is 0 Å². The highest BCUT2D eigenvalue weighted by atomic mass is 32.2. The van der Waals surface area contributed by atoms with E-state index in [9.17, 15) is 4.79 Å². The van der Waals surface area contributed by atoms with Gasteiger partial charge in [0, 0.05) is 18.5 Å². The van der Waals surface area contributed by atoms with Crippen LogP contribution in [0.3, 0.4) is 0 Å². The molecule has 100 valence electrons. The smallest absolute Gasteiger partial charge is 0.242 e. The van der Waals surface area contributed by atoms with E-state index in [1.54, 1.807) is 23.7 Å². The lowest BCUT2D eigenvalue weighted by molar-refractivity contribution is -0.136. The third kappa shape index (κ3) is 3.75. The molecule has 0 atom stereocenters. The summed E-state index contributed by atoms with van der Waals surface area (Å²) in [5.41, 5.74) is 0.629. The topological polar surface area (TPSA) is 32.3 Å². The van der Waals surface area contributed by atoms with Crippen LogP contribution >= 0.6 is 11.8 Å². The van der Waals surface area contributed by atoms with Crippen molar-refractivity contribution in [1.29, 1.82) is 0 Å². The molecule has 0 unspecified atom stereocenters. The van der Waals surface area contributed by atoms with E-state index < -0.39 is 5.54 Å². The fourth-order valence-corrected chi connectivity index (χ4v) is 2.07. The van der Waals surface area contributed by atoms with Crippen LogP contribution in [-0.2, 0) is 11.3 Å². The third-order valence-electron chi connectivity index (χ3n) is 3.09. The van der Waals surface area contributed by atoms with Gasteiger partial charge in [-0.2, -0.15) is 0 Å². The molecule has 0 heterocycles. The molecule has 1 aromatic carbocycles. The van der Waals surface area contributed by atoms with Crippen LogP contribution in [0.5, 0.6) is 0 Å². The predicted molar refractivity (Wildman–Crippen MR) is 77.8 cm³/mol. The van der Waals surface area contributed by atoms with Crippen molar-refractivity contribution in [2.75, 3.05) is 20.4 Å². The van der Waals surface area contributed by atoms with Gasteiger partial charge in [-0.25, -0.2) is 0 Å². The number of benzene rings is 1. The van der Waals surface area contributed by atoms with Gasteiger partial charge < -0.3 is 10.2 Å². The van der Waals surface area contributed by atoms with Crippen molar-refractivity contribution >= 4 is 17.7 Å². The molecule has 4 heteroatoms. The van der Waals surface area contributed by atoms with Crippen LogP contribution in [0.1, 0.15) is 19.4 Å². The number of amides is 1. The Bertz CT molecular complexity index is 401. The number of hydrogen-bond acceptors (Lipinski definition) is 3. The van der Waals surface area contributed by atoms with E-state index >= 15 is 0 Å². The summed E-state index contributed by atoms with van der Waals surface area (Å²) < 4.78 is 0. The first-order valence-electron chi connectivity index (χ1n) is 5.98. The van der Waals surface area contributed by atoms with Gasteiger partial charge in [-0.3, -0.25) is 4.79 Å². The van der Waals surface area contributed by atoms with Gasteiger partial charge in [0.2, 0.25) is 5.91 Å². The van der Waals surface area contributed by atoms with E-state index in [0.29, 0.717) is 6.54 Å². The lowest BCUT2D eigenvalue weighted by atomic mass is 10.0. The molecule has 0 aliphatic heterocycles. The molecule has 0 spiro atoms. The Kier molecular flexibility index (Phi) is 5.23. The molecule has 0 aliphatic carbocycles. The maximum Gasteiger partial charge on any atom is 0.242 e. The minimum absolute atomic E-state index is 0.0962. The predicted octanol–water partition coefficient (Wildman–Crippen LogP) is 2.36. The Balaban J connectivity index is 2.69. The Labute approximate surface area is 114 Å². The molecule has 0 aromatic heterocycles. The summed E-state index contributed by atoms with van der Waals surface area (Å²) in [6, 6.07) is 8.31. The van der Waals surface area contributed by atoms with E-state index in [2.05, 4.69) is 35.8 Å². The molecule has 18 heavy (non-hydrogen) atoms. The molecule has 1 N–H and O–H groups in total. The van der Waals surface area contributed by atoms with Gasteiger partial charge in [0.1, 0.15) is 0 Å². The van der Waals surface area contributed by atoms with Crippen LogP contribution in [0.15, 0.2) is 29.2 Å². The van der Waals surface area contributed by atoms with Crippen LogP contribution in [0.2, 0.25) is 0 Å². The van der Waals surface area contributed by atoms with Crippen molar-refractivity contribution in [1.82, 2.24) is 10.2 Å². The fraction of sp³-hybridized carbons (Fsp3) is 0.500. The molecular formula is C14H22N2OS. The second-order valence-electron chi connectivity index (χ2n) is 4.88. The molecule has 0 saturated heterocycles. The molecule has 0 bridgehead atoms. The number of thioether (sulfide) groups is 1. The molecular weight excluding hydrogens is 244 g/mol. The summed E-state index contributed by atoms with van der Waals surface area (Å²) in [6.07, 6.45) is 2.06. The van der Waals surface area contributed by atoms with Crippen LogP contribution in [0.25, 0.3) is 0 Å². The normalized spacial score (nSPS) is 11.4. The molecule has 0 fully saturated rings. The van der Waals surface area contributed by atoms with Gasteiger partial charge in [-0.15, -0.1) is 11.8 Å². The first-order chi connectivity index (χ1) is 8.40. The number of likely N-dealkylation sites (N-methyl/N-ethyl adjacent to an activating group) is 2. The van der Waals surface area contributed by atoms with E-state index in [-0.39, 0.29) is 5.91 Å². The Morgan fingerprint density at radius 3 is 2.33 bits per heavy atom. The fourth-order valence-electron chi connectivity index (χ4n) is 1.66. The molecule has 3 nitrogen and oxygen atoms in total. The average Bonchev–Trinajstić information content (AvgIpc) is 2.38. The van der Waals surface area contributed by atoms with Gasteiger partial charge in [-0.05, 0) is 44.8 Å². The standard InChI is InChI=1S/C14H22N2OS/c1-14(2,15-3)13(17)16(4)10-11-6-8-12(18-5)9-7-11/h6-9,15H,10H2,1-5H3. The van der Waals surface area contributed by atoms with E-state index in [1.807, 2.05) is 20.9 Å². The summed E-state index contributed by atoms with van der Waals surface area (Å²) >= 11 is 1.72. The molecule has 1 aromatic rings. The minimum atomic E-state index is -0.520. The second-order valence-corrected chi connectivity index (χ2v) is 5.76. The number of carbonyl (C=O) groups excluding carboxylic acids is 1.